The second-order valence-corrected chi connectivity index (χ2v) is 11.1. The summed E-state index contributed by atoms with van der Waals surface area (Å²) in [5.74, 6) is 0.165. The number of carbonyl (C=O) groups is 3. The van der Waals surface area contributed by atoms with E-state index in [-0.39, 0.29) is 17.8 Å². The number of amides is 2. The van der Waals surface area contributed by atoms with Crippen molar-refractivity contribution in [1.82, 2.24) is 10.6 Å². The Morgan fingerprint density at radius 3 is 1.68 bits per heavy atom. The van der Waals surface area contributed by atoms with E-state index in [0.29, 0.717) is 38.3 Å². The van der Waals surface area contributed by atoms with E-state index in [4.69, 9.17) is 4.74 Å². The first-order valence-corrected chi connectivity index (χ1v) is 15.6. The van der Waals surface area contributed by atoms with Crippen molar-refractivity contribution in [1.29, 1.82) is 0 Å². The smallest absolute Gasteiger partial charge is 0.328 e. The molecule has 0 saturated carbocycles. The molecule has 0 aromatic rings. The molecule has 218 valence electrons. The SMILES string of the molecule is CCCCCCCCCCCC(=O)NCCCCC(NC(=O)CCCCCCC)C(=O)OCCC(C)C. The van der Waals surface area contributed by atoms with Crippen molar-refractivity contribution in [3.63, 3.8) is 0 Å². The lowest BCUT2D eigenvalue weighted by atomic mass is 10.1. The second kappa shape index (κ2) is 26.0. The van der Waals surface area contributed by atoms with Crippen LogP contribution in [0.25, 0.3) is 0 Å². The molecule has 0 radical (unpaired) electrons. The third kappa shape index (κ3) is 24.5. The van der Waals surface area contributed by atoms with Gasteiger partial charge >= 0.3 is 5.97 Å². The predicted molar refractivity (Wildman–Crippen MR) is 154 cm³/mol. The molecule has 6 heteroatoms. The van der Waals surface area contributed by atoms with Crippen LogP contribution in [0.2, 0.25) is 0 Å². The molecule has 0 bridgehead atoms. The summed E-state index contributed by atoms with van der Waals surface area (Å²) < 4.78 is 5.44. The second-order valence-electron chi connectivity index (χ2n) is 11.1. The normalized spacial score (nSPS) is 11.9. The van der Waals surface area contributed by atoms with Crippen LogP contribution in [0.5, 0.6) is 0 Å². The van der Waals surface area contributed by atoms with Gasteiger partial charge in [0.2, 0.25) is 11.8 Å². The van der Waals surface area contributed by atoms with E-state index in [1.54, 1.807) is 0 Å². The zero-order valence-corrected chi connectivity index (χ0v) is 24.8. The number of unbranched alkanes of at least 4 members (excludes halogenated alkanes) is 13. The minimum Gasteiger partial charge on any atom is -0.464 e. The van der Waals surface area contributed by atoms with Crippen molar-refractivity contribution < 1.29 is 19.1 Å². The standard InChI is InChI=1S/C31H60N2O4/c1-5-7-9-11-12-13-14-16-17-22-29(34)32-25-20-19-21-28(31(36)37-26-24-27(3)4)33-30(35)23-18-15-10-8-6-2/h27-28H,5-26H2,1-4H3,(H,32,34)(H,33,35). The summed E-state index contributed by atoms with van der Waals surface area (Å²) in [5.41, 5.74) is 0. The molecule has 0 heterocycles. The molecule has 2 amide bonds. The molecule has 0 rings (SSSR count). The minimum atomic E-state index is -0.604. The molecule has 0 aliphatic rings. The van der Waals surface area contributed by atoms with Crippen LogP contribution in [0.15, 0.2) is 0 Å². The molecule has 2 N–H and O–H groups in total. The highest BCUT2D eigenvalue weighted by Gasteiger charge is 2.22. The highest BCUT2D eigenvalue weighted by molar-refractivity contribution is 5.84. The Balaban J connectivity index is 4.13. The monoisotopic (exact) mass is 524 g/mol. The van der Waals surface area contributed by atoms with Gasteiger partial charge in [-0.3, -0.25) is 9.59 Å². The number of hydrogen-bond donors (Lipinski definition) is 2. The van der Waals surface area contributed by atoms with Crippen molar-refractivity contribution >= 4 is 17.8 Å². The van der Waals surface area contributed by atoms with Crippen molar-refractivity contribution in [3.8, 4) is 0 Å². The van der Waals surface area contributed by atoms with E-state index < -0.39 is 6.04 Å². The number of rotatable bonds is 26. The lowest BCUT2D eigenvalue weighted by molar-refractivity contribution is -0.148. The Hall–Kier alpha value is -1.59. The number of hydrogen-bond acceptors (Lipinski definition) is 4. The van der Waals surface area contributed by atoms with Crippen LogP contribution in [0, 0.1) is 5.92 Å². The number of esters is 1. The van der Waals surface area contributed by atoms with Crippen molar-refractivity contribution in [3.05, 3.63) is 0 Å². The fourth-order valence-electron chi connectivity index (χ4n) is 4.29. The summed E-state index contributed by atoms with van der Waals surface area (Å²) >= 11 is 0. The summed E-state index contributed by atoms with van der Waals surface area (Å²) in [6.07, 6.45) is 20.6. The summed E-state index contributed by atoms with van der Waals surface area (Å²) in [4.78, 5) is 37.1. The van der Waals surface area contributed by atoms with Gasteiger partial charge in [-0.05, 0) is 44.4 Å². The van der Waals surface area contributed by atoms with E-state index in [1.807, 2.05) is 0 Å². The van der Waals surface area contributed by atoms with E-state index in [0.717, 1.165) is 51.4 Å². The van der Waals surface area contributed by atoms with Gasteiger partial charge in [0.05, 0.1) is 6.61 Å². The van der Waals surface area contributed by atoms with Gasteiger partial charge in [-0.2, -0.15) is 0 Å². The summed E-state index contributed by atoms with van der Waals surface area (Å²) in [7, 11) is 0. The molecule has 0 aromatic heterocycles. The summed E-state index contributed by atoms with van der Waals surface area (Å²) in [5, 5.41) is 5.90. The van der Waals surface area contributed by atoms with Crippen LogP contribution < -0.4 is 10.6 Å². The summed E-state index contributed by atoms with van der Waals surface area (Å²) in [6, 6.07) is -0.604. The number of carbonyl (C=O) groups excluding carboxylic acids is 3. The topological polar surface area (TPSA) is 84.5 Å². The van der Waals surface area contributed by atoms with Gasteiger partial charge in [0, 0.05) is 19.4 Å². The maximum atomic E-state index is 12.6. The van der Waals surface area contributed by atoms with Crippen LogP contribution in [0.3, 0.4) is 0 Å². The minimum absolute atomic E-state index is 0.0726. The van der Waals surface area contributed by atoms with Crippen molar-refractivity contribution in [2.45, 2.75) is 162 Å². The van der Waals surface area contributed by atoms with Crippen molar-refractivity contribution in [2.24, 2.45) is 5.92 Å². The molecule has 1 unspecified atom stereocenters. The van der Waals surface area contributed by atoms with Gasteiger partial charge < -0.3 is 15.4 Å². The fraction of sp³-hybridized carbons (Fsp3) is 0.903. The Labute approximate surface area is 228 Å². The molecule has 0 aromatic carbocycles. The zero-order chi connectivity index (χ0) is 27.6. The first-order valence-electron chi connectivity index (χ1n) is 15.6. The Morgan fingerprint density at radius 2 is 1.14 bits per heavy atom. The molecule has 0 fully saturated rings. The molecular formula is C31H60N2O4. The summed E-state index contributed by atoms with van der Waals surface area (Å²) in [6.45, 7) is 9.59. The number of nitrogens with one attached hydrogen (secondary N) is 2. The predicted octanol–water partition coefficient (Wildman–Crippen LogP) is 7.63. The molecule has 0 aliphatic heterocycles. The van der Waals surface area contributed by atoms with Crippen LogP contribution in [-0.4, -0.2) is 37.0 Å². The average Bonchev–Trinajstić information content (AvgIpc) is 2.86. The highest BCUT2D eigenvalue weighted by atomic mass is 16.5. The Bertz CT molecular complexity index is 565. The van der Waals surface area contributed by atoms with E-state index >= 15 is 0 Å². The quantitative estimate of drug-likeness (QED) is 0.0900. The van der Waals surface area contributed by atoms with E-state index in [9.17, 15) is 14.4 Å². The van der Waals surface area contributed by atoms with Gasteiger partial charge in [-0.1, -0.05) is 105 Å². The largest absolute Gasteiger partial charge is 0.464 e. The van der Waals surface area contributed by atoms with Gasteiger partial charge in [0.1, 0.15) is 6.04 Å². The van der Waals surface area contributed by atoms with E-state index in [2.05, 4.69) is 38.3 Å². The van der Waals surface area contributed by atoms with Crippen molar-refractivity contribution in [2.75, 3.05) is 13.2 Å². The Morgan fingerprint density at radius 1 is 0.622 bits per heavy atom. The highest BCUT2D eigenvalue weighted by Crippen LogP contribution is 2.11. The molecule has 0 spiro atoms. The first-order chi connectivity index (χ1) is 17.9. The van der Waals surface area contributed by atoms with Gasteiger partial charge in [0.15, 0.2) is 0 Å². The maximum Gasteiger partial charge on any atom is 0.328 e. The lowest BCUT2D eigenvalue weighted by Gasteiger charge is -2.18. The Kier molecular flexibility index (Phi) is 24.9. The molecule has 37 heavy (non-hydrogen) atoms. The maximum absolute atomic E-state index is 12.6. The molecule has 0 aliphatic carbocycles. The van der Waals surface area contributed by atoms with Crippen LogP contribution >= 0.6 is 0 Å². The van der Waals surface area contributed by atoms with Crippen LogP contribution in [0.1, 0.15) is 156 Å². The lowest BCUT2D eigenvalue weighted by Crippen LogP contribution is -2.42. The zero-order valence-electron chi connectivity index (χ0n) is 24.8. The first kappa shape index (κ1) is 35.4. The fourth-order valence-corrected chi connectivity index (χ4v) is 4.29. The third-order valence-electron chi connectivity index (χ3n) is 6.82. The van der Waals surface area contributed by atoms with Gasteiger partial charge in [-0.15, -0.1) is 0 Å². The number of ether oxygens (including phenoxy) is 1. The average molecular weight is 525 g/mol. The molecular weight excluding hydrogens is 464 g/mol. The third-order valence-corrected chi connectivity index (χ3v) is 6.82. The van der Waals surface area contributed by atoms with Gasteiger partial charge in [-0.25, -0.2) is 4.79 Å². The molecule has 0 saturated heterocycles. The molecule has 1 atom stereocenters. The van der Waals surface area contributed by atoms with Crippen LogP contribution in [-0.2, 0) is 19.1 Å². The van der Waals surface area contributed by atoms with Crippen LogP contribution in [0.4, 0.5) is 0 Å². The van der Waals surface area contributed by atoms with Gasteiger partial charge in [0.25, 0.3) is 0 Å². The van der Waals surface area contributed by atoms with E-state index in [1.165, 1.54) is 57.8 Å². The molecule has 6 nitrogen and oxygen atoms in total.